The van der Waals surface area contributed by atoms with Gasteiger partial charge >= 0.3 is 0 Å². The number of anilines is 1. The Morgan fingerprint density at radius 3 is 2.76 bits per heavy atom. The fraction of sp³-hybridized carbons (Fsp3) is 0.0833. The average molecular weight is 361 g/mol. The second-order valence-corrected chi connectivity index (χ2v) is 5.25. The van der Waals surface area contributed by atoms with Gasteiger partial charge in [0.15, 0.2) is 0 Å². The highest BCUT2D eigenvalue weighted by molar-refractivity contribution is 14.1. The van der Waals surface area contributed by atoms with E-state index in [2.05, 4.69) is 32.9 Å². The molecule has 0 saturated carbocycles. The molecule has 2 rings (SSSR count). The summed E-state index contributed by atoms with van der Waals surface area (Å²) in [6.45, 7) is 2.03. The SMILES string of the molecule is Cc1ccc(NC(=O)c2cc(Cl)c[nH]2)cc1I. The van der Waals surface area contributed by atoms with Crippen LogP contribution in [0.5, 0.6) is 0 Å². The topological polar surface area (TPSA) is 44.9 Å². The van der Waals surface area contributed by atoms with E-state index in [0.29, 0.717) is 10.7 Å². The molecule has 0 unspecified atom stereocenters. The number of halogens is 2. The lowest BCUT2D eigenvalue weighted by atomic mass is 10.2. The molecule has 2 N–H and O–H groups in total. The first-order valence-corrected chi connectivity index (χ1v) is 6.43. The third-order valence-electron chi connectivity index (χ3n) is 2.32. The summed E-state index contributed by atoms with van der Waals surface area (Å²) in [4.78, 5) is 14.6. The Labute approximate surface area is 118 Å². The fourth-order valence-electron chi connectivity index (χ4n) is 1.37. The molecule has 1 aromatic heterocycles. The van der Waals surface area contributed by atoms with E-state index in [0.717, 1.165) is 9.26 Å². The maximum Gasteiger partial charge on any atom is 0.272 e. The molecular weight excluding hydrogens is 351 g/mol. The van der Waals surface area contributed by atoms with Gasteiger partial charge in [-0.2, -0.15) is 0 Å². The summed E-state index contributed by atoms with van der Waals surface area (Å²) >= 11 is 7.98. The lowest BCUT2D eigenvalue weighted by Gasteiger charge is -2.05. The molecule has 0 radical (unpaired) electrons. The van der Waals surface area contributed by atoms with E-state index in [1.54, 1.807) is 12.3 Å². The van der Waals surface area contributed by atoms with Crippen molar-refractivity contribution in [1.29, 1.82) is 0 Å². The molecule has 1 aromatic carbocycles. The number of nitrogens with one attached hydrogen (secondary N) is 2. The highest BCUT2D eigenvalue weighted by atomic mass is 127. The molecular formula is C12H10ClIN2O. The Morgan fingerprint density at radius 1 is 1.41 bits per heavy atom. The van der Waals surface area contributed by atoms with Crippen molar-refractivity contribution in [3.63, 3.8) is 0 Å². The first-order valence-electron chi connectivity index (χ1n) is 4.97. The second kappa shape index (κ2) is 5.10. The zero-order valence-corrected chi connectivity index (χ0v) is 12.0. The monoisotopic (exact) mass is 360 g/mol. The van der Waals surface area contributed by atoms with Crippen molar-refractivity contribution in [1.82, 2.24) is 4.98 Å². The minimum Gasteiger partial charge on any atom is -0.356 e. The molecule has 0 saturated heterocycles. The van der Waals surface area contributed by atoms with Gasteiger partial charge < -0.3 is 10.3 Å². The molecule has 0 aliphatic rings. The Hall–Kier alpha value is -1.01. The predicted octanol–water partition coefficient (Wildman–Crippen LogP) is 3.83. The van der Waals surface area contributed by atoms with E-state index in [9.17, 15) is 4.79 Å². The molecule has 0 atom stereocenters. The molecule has 17 heavy (non-hydrogen) atoms. The number of aryl methyl sites for hydroxylation is 1. The maximum atomic E-state index is 11.8. The number of amides is 1. The van der Waals surface area contributed by atoms with Gasteiger partial charge in [-0.1, -0.05) is 17.7 Å². The molecule has 5 heteroatoms. The van der Waals surface area contributed by atoms with E-state index in [4.69, 9.17) is 11.6 Å². The maximum absolute atomic E-state index is 11.8. The van der Waals surface area contributed by atoms with Crippen LogP contribution in [0.3, 0.4) is 0 Å². The second-order valence-electron chi connectivity index (χ2n) is 3.65. The summed E-state index contributed by atoms with van der Waals surface area (Å²) in [5, 5.41) is 3.33. The first kappa shape index (κ1) is 12.4. The van der Waals surface area contributed by atoms with E-state index in [-0.39, 0.29) is 5.91 Å². The molecule has 88 valence electrons. The predicted molar refractivity (Wildman–Crippen MR) is 77.7 cm³/mol. The van der Waals surface area contributed by atoms with Crippen molar-refractivity contribution in [3.05, 3.63) is 50.3 Å². The Morgan fingerprint density at radius 2 is 2.18 bits per heavy atom. The van der Waals surface area contributed by atoms with Crippen LogP contribution in [0.4, 0.5) is 5.69 Å². The van der Waals surface area contributed by atoms with E-state index < -0.39 is 0 Å². The number of carbonyl (C=O) groups is 1. The van der Waals surface area contributed by atoms with Crippen LogP contribution >= 0.6 is 34.2 Å². The van der Waals surface area contributed by atoms with Gasteiger partial charge in [-0.15, -0.1) is 0 Å². The molecule has 1 heterocycles. The van der Waals surface area contributed by atoms with Gasteiger partial charge in [-0.25, -0.2) is 0 Å². The molecule has 0 spiro atoms. The van der Waals surface area contributed by atoms with Crippen LogP contribution < -0.4 is 5.32 Å². The Kier molecular flexibility index (Phi) is 3.73. The molecule has 3 nitrogen and oxygen atoms in total. The van der Waals surface area contributed by atoms with Crippen molar-refractivity contribution in [2.24, 2.45) is 0 Å². The normalized spacial score (nSPS) is 10.3. The number of rotatable bonds is 2. The van der Waals surface area contributed by atoms with E-state index in [1.165, 1.54) is 5.56 Å². The summed E-state index contributed by atoms with van der Waals surface area (Å²) in [6.07, 6.45) is 1.58. The standard InChI is InChI=1S/C12H10ClIN2O/c1-7-2-3-9(5-10(7)14)16-12(17)11-4-8(13)6-15-11/h2-6,15H,1H3,(H,16,17). The smallest absolute Gasteiger partial charge is 0.272 e. The van der Waals surface area contributed by atoms with Crippen LogP contribution in [0.15, 0.2) is 30.5 Å². The van der Waals surface area contributed by atoms with Crippen molar-refractivity contribution in [3.8, 4) is 0 Å². The van der Waals surface area contributed by atoms with Gasteiger partial charge in [0.1, 0.15) is 5.69 Å². The zero-order chi connectivity index (χ0) is 12.4. The number of hydrogen-bond acceptors (Lipinski definition) is 1. The molecule has 0 bridgehead atoms. The quantitative estimate of drug-likeness (QED) is 0.786. The summed E-state index contributed by atoms with van der Waals surface area (Å²) in [5.41, 5.74) is 2.41. The van der Waals surface area contributed by atoms with Crippen molar-refractivity contribution >= 4 is 45.8 Å². The highest BCUT2D eigenvalue weighted by Crippen LogP contribution is 2.18. The number of aromatic amines is 1. The molecule has 0 aliphatic carbocycles. The van der Waals surface area contributed by atoms with Gasteiger partial charge in [-0.05, 0) is 53.3 Å². The van der Waals surface area contributed by atoms with Crippen LogP contribution in [0, 0.1) is 10.5 Å². The number of carbonyl (C=O) groups excluding carboxylic acids is 1. The average Bonchev–Trinajstić information content (AvgIpc) is 2.70. The first-order chi connectivity index (χ1) is 8.06. The van der Waals surface area contributed by atoms with E-state index in [1.807, 2.05) is 25.1 Å². The number of benzene rings is 1. The van der Waals surface area contributed by atoms with Crippen LogP contribution in [0.2, 0.25) is 5.02 Å². The number of aromatic nitrogens is 1. The van der Waals surface area contributed by atoms with Gasteiger partial charge in [0.05, 0.1) is 5.02 Å². The van der Waals surface area contributed by atoms with Crippen molar-refractivity contribution < 1.29 is 4.79 Å². The summed E-state index contributed by atoms with van der Waals surface area (Å²) in [6, 6.07) is 7.37. The zero-order valence-electron chi connectivity index (χ0n) is 9.05. The largest absolute Gasteiger partial charge is 0.356 e. The molecule has 1 amide bonds. The summed E-state index contributed by atoms with van der Waals surface area (Å²) in [5.74, 6) is -0.198. The van der Waals surface area contributed by atoms with Crippen LogP contribution in [-0.2, 0) is 0 Å². The van der Waals surface area contributed by atoms with Crippen LogP contribution in [-0.4, -0.2) is 10.9 Å². The van der Waals surface area contributed by atoms with Gasteiger partial charge in [0.2, 0.25) is 0 Å². The van der Waals surface area contributed by atoms with Gasteiger partial charge in [-0.3, -0.25) is 4.79 Å². The molecule has 0 fully saturated rings. The molecule has 0 aliphatic heterocycles. The summed E-state index contributed by atoms with van der Waals surface area (Å²) in [7, 11) is 0. The summed E-state index contributed by atoms with van der Waals surface area (Å²) < 4.78 is 1.12. The van der Waals surface area contributed by atoms with Crippen molar-refractivity contribution in [2.45, 2.75) is 6.92 Å². The number of hydrogen-bond donors (Lipinski definition) is 2. The lowest BCUT2D eigenvalue weighted by molar-refractivity contribution is 0.102. The minimum absolute atomic E-state index is 0.198. The van der Waals surface area contributed by atoms with Gasteiger partial charge in [0, 0.05) is 15.5 Å². The van der Waals surface area contributed by atoms with E-state index >= 15 is 0 Å². The Bertz CT molecular complexity index is 565. The van der Waals surface area contributed by atoms with Crippen molar-refractivity contribution in [2.75, 3.05) is 5.32 Å². The molecule has 2 aromatic rings. The fourth-order valence-corrected chi connectivity index (χ4v) is 2.05. The van der Waals surface area contributed by atoms with Crippen LogP contribution in [0.1, 0.15) is 16.1 Å². The highest BCUT2D eigenvalue weighted by Gasteiger charge is 2.08. The minimum atomic E-state index is -0.198. The third kappa shape index (κ3) is 3.01. The van der Waals surface area contributed by atoms with Crippen LogP contribution in [0.25, 0.3) is 0 Å². The lowest BCUT2D eigenvalue weighted by Crippen LogP contribution is -2.12. The van der Waals surface area contributed by atoms with Gasteiger partial charge in [0.25, 0.3) is 5.91 Å². The third-order valence-corrected chi connectivity index (χ3v) is 3.70. The Balaban J connectivity index is 2.15. The number of H-pyrrole nitrogens is 1.